The summed E-state index contributed by atoms with van der Waals surface area (Å²) in [6.07, 6.45) is 4.46. The molecule has 32 heavy (non-hydrogen) atoms. The van der Waals surface area contributed by atoms with Crippen molar-refractivity contribution >= 4 is 22.9 Å². The number of hydrogen-bond acceptors (Lipinski definition) is 6. The first-order valence-corrected chi connectivity index (χ1v) is 11.5. The summed E-state index contributed by atoms with van der Waals surface area (Å²) < 4.78 is 7.40. The summed E-state index contributed by atoms with van der Waals surface area (Å²) in [5.41, 5.74) is 2.99. The second-order valence-electron chi connectivity index (χ2n) is 7.70. The Labute approximate surface area is 190 Å². The van der Waals surface area contributed by atoms with E-state index in [4.69, 9.17) is 4.74 Å². The average Bonchev–Trinajstić information content (AvgIpc) is 3.41. The van der Waals surface area contributed by atoms with E-state index in [2.05, 4.69) is 25.1 Å². The SMILES string of the molecule is COc1ccc(-c2nc(C(=O)Nc3cccc(-c4nnc5n4CCCCC5)c3)cs2)cc1. The van der Waals surface area contributed by atoms with E-state index in [0.717, 1.165) is 59.3 Å². The van der Waals surface area contributed by atoms with Crippen LogP contribution in [0, 0.1) is 0 Å². The van der Waals surface area contributed by atoms with Gasteiger partial charge in [-0.05, 0) is 49.2 Å². The van der Waals surface area contributed by atoms with Gasteiger partial charge in [0.1, 0.15) is 22.3 Å². The Morgan fingerprint density at radius 1 is 1.06 bits per heavy atom. The minimum absolute atomic E-state index is 0.238. The Morgan fingerprint density at radius 2 is 1.94 bits per heavy atom. The van der Waals surface area contributed by atoms with Crippen LogP contribution in [0.15, 0.2) is 53.9 Å². The van der Waals surface area contributed by atoms with Gasteiger partial charge in [0.2, 0.25) is 0 Å². The number of aryl methyl sites for hydroxylation is 1. The van der Waals surface area contributed by atoms with Crippen molar-refractivity contribution in [2.45, 2.75) is 32.2 Å². The van der Waals surface area contributed by atoms with Crippen molar-refractivity contribution in [1.29, 1.82) is 0 Å². The number of ether oxygens (including phenoxy) is 1. The molecule has 162 valence electrons. The average molecular weight is 446 g/mol. The minimum Gasteiger partial charge on any atom is -0.497 e. The van der Waals surface area contributed by atoms with Crippen molar-refractivity contribution in [3.63, 3.8) is 0 Å². The Morgan fingerprint density at radius 3 is 2.78 bits per heavy atom. The van der Waals surface area contributed by atoms with Gasteiger partial charge in [0, 0.05) is 35.2 Å². The summed E-state index contributed by atoms with van der Waals surface area (Å²) in [6, 6.07) is 15.4. The molecule has 1 N–H and O–H groups in total. The van der Waals surface area contributed by atoms with E-state index in [9.17, 15) is 4.79 Å². The molecule has 0 unspecified atom stereocenters. The van der Waals surface area contributed by atoms with Gasteiger partial charge in [0.05, 0.1) is 7.11 Å². The zero-order chi connectivity index (χ0) is 21.9. The normalized spacial score (nSPS) is 13.3. The first kappa shape index (κ1) is 20.4. The maximum atomic E-state index is 12.8. The molecular formula is C24H23N5O2S. The first-order chi connectivity index (χ1) is 15.7. The number of nitrogens with one attached hydrogen (secondary N) is 1. The number of hydrogen-bond donors (Lipinski definition) is 1. The van der Waals surface area contributed by atoms with E-state index >= 15 is 0 Å². The highest BCUT2D eigenvalue weighted by Crippen LogP contribution is 2.27. The van der Waals surface area contributed by atoms with Crippen LogP contribution >= 0.6 is 11.3 Å². The van der Waals surface area contributed by atoms with E-state index in [1.54, 1.807) is 12.5 Å². The number of thiazole rings is 1. The molecule has 0 atom stereocenters. The Balaban J connectivity index is 1.33. The fraction of sp³-hybridized carbons (Fsp3) is 0.250. The minimum atomic E-state index is -0.238. The van der Waals surface area contributed by atoms with Gasteiger partial charge in [-0.3, -0.25) is 4.79 Å². The van der Waals surface area contributed by atoms with Crippen LogP contribution in [0.2, 0.25) is 0 Å². The van der Waals surface area contributed by atoms with E-state index in [-0.39, 0.29) is 5.91 Å². The number of methoxy groups -OCH3 is 1. The van der Waals surface area contributed by atoms with Crippen LogP contribution < -0.4 is 10.1 Å². The summed E-state index contributed by atoms with van der Waals surface area (Å²) in [4.78, 5) is 17.3. The monoisotopic (exact) mass is 445 g/mol. The van der Waals surface area contributed by atoms with Gasteiger partial charge in [0.15, 0.2) is 5.82 Å². The molecule has 0 saturated carbocycles. The molecule has 4 aromatic rings. The largest absolute Gasteiger partial charge is 0.497 e. The van der Waals surface area contributed by atoms with Crippen LogP contribution in [-0.2, 0) is 13.0 Å². The van der Waals surface area contributed by atoms with E-state index < -0.39 is 0 Å². The summed E-state index contributed by atoms with van der Waals surface area (Å²) in [7, 11) is 1.63. The molecule has 8 heteroatoms. The summed E-state index contributed by atoms with van der Waals surface area (Å²) in [5.74, 6) is 2.44. The summed E-state index contributed by atoms with van der Waals surface area (Å²) in [6.45, 7) is 0.932. The molecular weight excluding hydrogens is 422 g/mol. The second kappa shape index (κ2) is 8.92. The van der Waals surface area contributed by atoms with Gasteiger partial charge in [-0.25, -0.2) is 4.98 Å². The van der Waals surface area contributed by atoms with Gasteiger partial charge in [0.25, 0.3) is 5.91 Å². The van der Waals surface area contributed by atoms with Gasteiger partial charge in [-0.1, -0.05) is 18.6 Å². The molecule has 2 aromatic heterocycles. The maximum Gasteiger partial charge on any atom is 0.275 e. The van der Waals surface area contributed by atoms with Crippen LogP contribution in [-0.4, -0.2) is 32.8 Å². The van der Waals surface area contributed by atoms with Crippen LogP contribution in [0.1, 0.15) is 35.6 Å². The molecule has 0 bridgehead atoms. The van der Waals surface area contributed by atoms with Crippen LogP contribution in [0.4, 0.5) is 5.69 Å². The van der Waals surface area contributed by atoms with Crippen molar-refractivity contribution in [2.75, 3.05) is 12.4 Å². The lowest BCUT2D eigenvalue weighted by Gasteiger charge is -2.09. The van der Waals surface area contributed by atoms with Crippen molar-refractivity contribution in [2.24, 2.45) is 0 Å². The summed E-state index contributed by atoms with van der Waals surface area (Å²) >= 11 is 1.44. The molecule has 1 aliphatic rings. The quantitative estimate of drug-likeness (QED) is 0.465. The number of carbonyl (C=O) groups is 1. The number of anilines is 1. The molecule has 0 spiro atoms. The number of carbonyl (C=O) groups excluding carboxylic acids is 1. The lowest BCUT2D eigenvalue weighted by Crippen LogP contribution is -2.12. The number of amides is 1. The van der Waals surface area contributed by atoms with E-state index in [1.165, 1.54) is 17.8 Å². The zero-order valence-corrected chi connectivity index (χ0v) is 18.6. The molecule has 3 heterocycles. The van der Waals surface area contributed by atoms with Gasteiger partial charge in [-0.15, -0.1) is 21.5 Å². The molecule has 1 aliphatic heterocycles. The van der Waals surface area contributed by atoms with Crippen molar-refractivity contribution < 1.29 is 9.53 Å². The molecule has 0 radical (unpaired) electrons. The van der Waals surface area contributed by atoms with Crippen molar-refractivity contribution in [3.8, 4) is 27.7 Å². The molecule has 0 saturated heterocycles. The van der Waals surface area contributed by atoms with Crippen LogP contribution in [0.3, 0.4) is 0 Å². The van der Waals surface area contributed by atoms with E-state index in [1.807, 2.05) is 48.5 Å². The van der Waals surface area contributed by atoms with Gasteiger partial charge >= 0.3 is 0 Å². The Kier molecular flexibility index (Phi) is 5.68. The Hall–Kier alpha value is -3.52. The van der Waals surface area contributed by atoms with Crippen molar-refractivity contribution in [1.82, 2.24) is 19.7 Å². The topological polar surface area (TPSA) is 81.9 Å². The number of aromatic nitrogens is 4. The van der Waals surface area contributed by atoms with Crippen LogP contribution in [0.5, 0.6) is 5.75 Å². The zero-order valence-electron chi connectivity index (χ0n) is 17.7. The third kappa shape index (κ3) is 4.13. The summed E-state index contributed by atoms with van der Waals surface area (Å²) in [5, 5.41) is 14.3. The number of benzene rings is 2. The van der Waals surface area contributed by atoms with Gasteiger partial charge < -0.3 is 14.6 Å². The van der Waals surface area contributed by atoms with Crippen LogP contribution in [0.25, 0.3) is 22.0 Å². The molecule has 0 fully saturated rings. The molecule has 7 nitrogen and oxygen atoms in total. The third-order valence-electron chi connectivity index (χ3n) is 5.56. The number of nitrogens with zero attached hydrogens (tertiary/aromatic N) is 4. The number of fused-ring (bicyclic) bond motifs is 1. The van der Waals surface area contributed by atoms with E-state index in [0.29, 0.717) is 11.4 Å². The maximum absolute atomic E-state index is 12.8. The predicted octanol–water partition coefficient (Wildman–Crippen LogP) is 5.06. The smallest absolute Gasteiger partial charge is 0.275 e. The highest BCUT2D eigenvalue weighted by molar-refractivity contribution is 7.13. The molecule has 1 amide bonds. The standard InChI is InChI=1S/C24H23N5O2S/c1-31-19-11-9-16(10-12-19)24-26-20(15-32-24)23(30)25-18-7-5-6-17(14-18)22-28-27-21-8-3-2-4-13-29(21)22/h5-7,9-12,14-15H,2-4,8,13H2,1H3,(H,25,30). The Bertz CT molecular complexity index is 1250. The molecule has 0 aliphatic carbocycles. The molecule has 2 aromatic carbocycles. The highest BCUT2D eigenvalue weighted by Gasteiger charge is 2.17. The number of rotatable bonds is 5. The van der Waals surface area contributed by atoms with Crippen molar-refractivity contribution in [3.05, 3.63) is 65.4 Å². The fourth-order valence-electron chi connectivity index (χ4n) is 3.87. The predicted molar refractivity (Wildman–Crippen MR) is 125 cm³/mol. The second-order valence-corrected chi connectivity index (χ2v) is 8.56. The highest BCUT2D eigenvalue weighted by atomic mass is 32.1. The first-order valence-electron chi connectivity index (χ1n) is 10.6. The lowest BCUT2D eigenvalue weighted by molar-refractivity contribution is 0.102. The fourth-order valence-corrected chi connectivity index (χ4v) is 4.68. The molecule has 5 rings (SSSR count). The van der Waals surface area contributed by atoms with Gasteiger partial charge in [-0.2, -0.15) is 0 Å². The third-order valence-corrected chi connectivity index (χ3v) is 6.45. The lowest BCUT2D eigenvalue weighted by atomic mass is 10.2.